The fourth-order valence-electron chi connectivity index (χ4n) is 4.37. The Bertz CT molecular complexity index is 710. The monoisotopic (exact) mass is 592 g/mol. The summed E-state index contributed by atoms with van der Waals surface area (Å²) in [7, 11) is 0. The predicted molar refractivity (Wildman–Crippen MR) is 175 cm³/mol. The number of carboxylic acid groups (broad SMARTS) is 1. The first-order valence-electron chi connectivity index (χ1n) is 16.8. The Hall–Kier alpha value is -2.37. The van der Waals surface area contributed by atoms with Crippen LogP contribution in [0.5, 0.6) is 0 Å². The second-order valence-corrected chi connectivity index (χ2v) is 11.6. The van der Waals surface area contributed by atoms with E-state index >= 15 is 0 Å². The molecule has 0 rings (SSSR count). The highest BCUT2D eigenvalue weighted by molar-refractivity contribution is 5.88. The molecule has 0 atom stereocenters. The molecule has 0 unspecified atom stereocenters. The van der Waals surface area contributed by atoms with Crippen molar-refractivity contribution in [2.75, 3.05) is 13.2 Å². The van der Waals surface area contributed by atoms with Crippen molar-refractivity contribution in [1.82, 2.24) is 0 Å². The van der Waals surface area contributed by atoms with E-state index in [1.807, 2.05) is 0 Å². The molecule has 244 valence electrons. The standard InChI is InChI=1S/C25H44O4.C11H20O2/c1-3-4-5-6-7-8-9-10-11-12-13-14-15-16-17-18-22-29-25(28)23(2)20-19-21-24(26)27;1-4-11(12)13-9-7-5-6-8-10(2)3/h19,21H,2-18,20,22H2,1H3,(H,26,27);4,10H,1,5-9H2,2-3H3. The van der Waals surface area contributed by atoms with E-state index in [0.29, 0.717) is 18.8 Å². The quantitative estimate of drug-likeness (QED) is 0.0552. The van der Waals surface area contributed by atoms with Gasteiger partial charge in [0, 0.05) is 17.7 Å². The number of esters is 2. The van der Waals surface area contributed by atoms with Crippen molar-refractivity contribution in [1.29, 1.82) is 0 Å². The van der Waals surface area contributed by atoms with E-state index < -0.39 is 11.9 Å². The van der Waals surface area contributed by atoms with Crippen molar-refractivity contribution in [3.63, 3.8) is 0 Å². The van der Waals surface area contributed by atoms with Crippen LogP contribution in [0.15, 0.2) is 37.0 Å². The van der Waals surface area contributed by atoms with Crippen molar-refractivity contribution < 1.29 is 29.0 Å². The molecule has 6 nitrogen and oxygen atoms in total. The van der Waals surface area contributed by atoms with Crippen LogP contribution in [0.25, 0.3) is 0 Å². The van der Waals surface area contributed by atoms with Gasteiger partial charge in [0.15, 0.2) is 0 Å². The van der Waals surface area contributed by atoms with Gasteiger partial charge in [-0.15, -0.1) is 0 Å². The largest absolute Gasteiger partial charge is 0.478 e. The maximum atomic E-state index is 11.7. The summed E-state index contributed by atoms with van der Waals surface area (Å²) in [4.78, 5) is 32.7. The fourth-order valence-corrected chi connectivity index (χ4v) is 4.37. The number of carboxylic acids is 1. The smallest absolute Gasteiger partial charge is 0.333 e. The molecule has 0 fully saturated rings. The molecule has 0 aliphatic heterocycles. The van der Waals surface area contributed by atoms with Crippen molar-refractivity contribution in [2.45, 2.75) is 156 Å². The zero-order valence-corrected chi connectivity index (χ0v) is 27.5. The molecule has 0 aliphatic carbocycles. The number of hydrogen-bond acceptors (Lipinski definition) is 5. The van der Waals surface area contributed by atoms with Crippen LogP contribution in [0.1, 0.15) is 156 Å². The summed E-state index contributed by atoms with van der Waals surface area (Å²) in [6.07, 6.45) is 29.5. The molecule has 0 aromatic carbocycles. The Balaban J connectivity index is 0. The first-order chi connectivity index (χ1) is 20.2. The van der Waals surface area contributed by atoms with Crippen LogP contribution in [0.4, 0.5) is 0 Å². The second-order valence-electron chi connectivity index (χ2n) is 11.6. The van der Waals surface area contributed by atoms with Crippen LogP contribution in [0.3, 0.4) is 0 Å². The SMILES string of the molecule is C=C(CC=CC(=O)O)C(=O)OCCCCCCCCCCCCCCCCCC.C=CC(=O)OCCCCCC(C)C. The topological polar surface area (TPSA) is 89.9 Å². The summed E-state index contributed by atoms with van der Waals surface area (Å²) >= 11 is 0. The highest BCUT2D eigenvalue weighted by Gasteiger charge is 2.06. The Morgan fingerprint density at radius 1 is 0.690 bits per heavy atom. The summed E-state index contributed by atoms with van der Waals surface area (Å²) < 4.78 is 10.0. The average molecular weight is 593 g/mol. The second kappa shape index (κ2) is 33.1. The van der Waals surface area contributed by atoms with E-state index in [4.69, 9.17) is 14.6 Å². The van der Waals surface area contributed by atoms with Gasteiger partial charge in [0.25, 0.3) is 0 Å². The molecule has 0 aromatic heterocycles. The molecular weight excluding hydrogens is 528 g/mol. The molecule has 0 saturated heterocycles. The van der Waals surface area contributed by atoms with Gasteiger partial charge in [-0.2, -0.15) is 0 Å². The average Bonchev–Trinajstić information content (AvgIpc) is 2.96. The number of rotatable bonds is 28. The van der Waals surface area contributed by atoms with E-state index in [-0.39, 0.29) is 12.4 Å². The van der Waals surface area contributed by atoms with Crippen LogP contribution in [-0.2, 0) is 23.9 Å². The Morgan fingerprint density at radius 2 is 1.12 bits per heavy atom. The summed E-state index contributed by atoms with van der Waals surface area (Å²) in [6.45, 7) is 14.6. The number of carbonyl (C=O) groups is 3. The maximum absolute atomic E-state index is 11.7. The molecule has 42 heavy (non-hydrogen) atoms. The molecule has 0 radical (unpaired) electrons. The summed E-state index contributed by atoms with van der Waals surface area (Å²) in [5.41, 5.74) is 0.291. The molecule has 6 heteroatoms. The van der Waals surface area contributed by atoms with E-state index in [1.165, 1.54) is 115 Å². The van der Waals surface area contributed by atoms with Crippen LogP contribution < -0.4 is 0 Å². The lowest BCUT2D eigenvalue weighted by Crippen LogP contribution is -2.08. The normalized spacial score (nSPS) is 10.8. The first kappa shape index (κ1) is 41.8. The summed E-state index contributed by atoms with van der Waals surface area (Å²) in [5.74, 6) is -1.00. The van der Waals surface area contributed by atoms with E-state index in [2.05, 4.69) is 33.9 Å². The van der Waals surface area contributed by atoms with Crippen molar-refractivity contribution in [3.8, 4) is 0 Å². The number of ether oxygens (including phenoxy) is 2. The van der Waals surface area contributed by atoms with Crippen LogP contribution in [0, 0.1) is 5.92 Å². The molecule has 0 spiro atoms. The molecule has 1 N–H and O–H groups in total. The van der Waals surface area contributed by atoms with Gasteiger partial charge in [0.1, 0.15) is 0 Å². The number of hydrogen-bond donors (Lipinski definition) is 1. The van der Waals surface area contributed by atoms with Crippen molar-refractivity contribution in [3.05, 3.63) is 37.0 Å². The zero-order valence-electron chi connectivity index (χ0n) is 27.5. The highest BCUT2D eigenvalue weighted by Crippen LogP contribution is 2.14. The predicted octanol–water partition coefficient (Wildman–Crippen LogP) is 10.3. The minimum Gasteiger partial charge on any atom is -0.478 e. The van der Waals surface area contributed by atoms with Gasteiger partial charge in [0.2, 0.25) is 0 Å². The number of aliphatic carboxylic acids is 1. The Labute approximate surface area is 258 Å². The number of carbonyl (C=O) groups excluding carboxylic acids is 2. The summed E-state index contributed by atoms with van der Waals surface area (Å²) in [5, 5.41) is 8.50. The third kappa shape index (κ3) is 35.7. The molecule has 0 saturated carbocycles. The first-order valence-corrected chi connectivity index (χ1v) is 16.8. The molecule has 0 amide bonds. The van der Waals surface area contributed by atoms with Crippen LogP contribution in [-0.4, -0.2) is 36.2 Å². The van der Waals surface area contributed by atoms with Crippen molar-refractivity contribution >= 4 is 17.9 Å². The molecule has 0 heterocycles. The minimum atomic E-state index is -1.03. The lowest BCUT2D eigenvalue weighted by molar-refractivity contribution is -0.139. The van der Waals surface area contributed by atoms with Crippen molar-refractivity contribution in [2.24, 2.45) is 5.92 Å². The van der Waals surface area contributed by atoms with Gasteiger partial charge in [-0.05, 0) is 25.2 Å². The van der Waals surface area contributed by atoms with Gasteiger partial charge >= 0.3 is 17.9 Å². The number of allylic oxidation sites excluding steroid dienone is 1. The third-order valence-electron chi connectivity index (χ3n) is 6.98. The van der Waals surface area contributed by atoms with Gasteiger partial charge in [-0.1, -0.05) is 156 Å². The Kier molecular flexibility index (Phi) is 32.9. The fraction of sp³-hybridized carbons (Fsp3) is 0.750. The van der Waals surface area contributed by atoms with Gasteiger partial charge in [-0.3, -0.25) is 0 Å². The molecule has 0 aliphatic rings. The van der Waals surface area contributed by atoms with Gasteiger partial charge in [0.05, 0.1) is 13.2 Å². The highest BCUT2D eigenvalue weighted by atomic mass is 16.5. The number of unbranched alkanes of at least 4 members (excludes halogenated alkanes) is 17. The lowest BCUT2D eigenvalue weighted by atomic mass is 10.0. The molecular formula is C36H64O6. The maximum Gasteiger partial charge on any atom is 0.333 e. The van der Waals surface area contributed by atoms with E-state index in [9.17, 15) is 14.4 Å². The van der Waals surface area contributed by atoms with Crippen LogP contribution >= 0.6 is 0 Å². The van der Waals surface area contributed by atoms with Crippen LogP contribution in [0.2, 0.25) is 0 Å². The van der Waals surface area contributed by atoms with E-state index in [1.54, 1.807) is 0 Å². The minimum absolute atomic E-state index is 0.212. The zero-order chi connectivity index (χ0) is 31.7. The lowest BCUT2D eigenvalue weighted by Gasteiger charge is -2.06. The molecule has 0 bridgehead atoms. The third-order valence-corrected chi connectivity index (χ3v) is 6.98. The molecule has 0 aromatic rings. The van der Waals surface area contributed by atoms with Gasteiger partial charge in [-0.25, -0.2) is 14.4 Å². The Morgan fingerprint density at radius 3 is 1.55 bits per heavy atom. The summed E-state index contributed by atoms with van der Waals surface area (Å²) in [6, 6.07) is 0. The van der Waals surface area contributed by atoms with Gasteiger partial charge < -0.3 is 14.6 Å². The van der Waals surface area contributed by atoms with E-state index in [0.717, 1.165) is 37.7 Å².